The van der Waals surface area contributed by atoms with Gasteiger partial charge >= 0.3 is 0 Å². The lowest BCUT2D eigenvalue weighted by molar-refractivity contribution is 1.19. The molecule has 0 bridgehead atoms. The molecule has 0 spiro atoms. The van der Waals surface area contributed by atoms with Crippen LogP contribution in [0.2, 0.25) is 78.6 Å². The first-order valence-electron chi connectivity index (χ1n) is 26.2. The molecule has 7 heteroatoms. The van der Waals surface area contributed by atoms with E-state index in [1.807, 2.05) is 0 Å². The maximum absolute atomic E-state index is 2.60. The quantitative estimate of drug-likeness (QED) is 0.120. The van der Waals surface area contributed by atoms with Crippen LogP contribution in [0.3, 0.4) is 0 Å². The van der Waals surface area contributed by atoms with Crippen molar-refractivity contribution in [1.29, 1.82) is 0 Å². The van der Waals surface area contributed by atoms with Gasteiger partial charge in [0.2, 0.25) is 0 Å². The molecule has 0 radical (unpaired) electrons. The van der Waals surface area contributed by atoms with Crippen LogP contribution in [0.25, 0.3) is 59.8 Å². The third-order valence-corrected chi connectivity index (χ3v) is 23.5. The second-order valence-corrected chi connectivity index (χ2v) is 44.7. The molecule has 0 saturated carbocycles. The van der Waals surface area contributed by atoms with Crippen LogP contribution in [0.15, 0.2) is 200 Å². The van der Waals surface area contributed by atoms with Gasteiger partial charge < -0.3 is 14.4 Å². The lowest BCUT2D eigenvalue weighted by Crippen LogP contribution is -2.37. The van der Waals surface area contributed by atoms with Gasteiger partial charge in [-0.3, -0.25) is 0 Å². The number of fused-ring (bicyclic) bond motifs is 8. The lowest BCUT2D eigenvalue weighted by atomic mass is 9.96. The zero-order valence-corrected chi connectivity index (χ0v) is 48.9. The molecule has 10 aromatic carbocycles. The number of nitrogens with zero attached hydrogens (tertiary/aromatic N) is 3. The van der Waals surface area contributed by atoms with Crippen LogP contribution < -0.4 is 30.5 Å². The Balaban J connectivity index is 1.28. The third kappa shape index (κ3) is 8.80. The number of benzene rings is 10. The van der Waals surface area contributed by atoms with Crippen molar-refractivity contribution < 1.29 is 0 Å². The molecule has 0 aliphatic rings. The van der Waals surface area contributed by atoms with Crippen molar-refractivity contribution in [3.05, 3.63) is 200 Å². The molecule has 0 saturated heterocycles. The minimum absolute atomic E-state index is 1.16. The van der Waals surface area contributed by atoms with Gasteiger partial charge in [0.25, 0.3) is 0 Å². The molecule has 364 valence electrons. The van der Waals surface area contributed by atoms with E-state index in [2.05, 4.69) is 293 Å². The van der Waals surface area contributed by atoms with Crippen LogP contribution in [0.4, 0.5) is 34.1 Å². The first-order chi connectivity index (χ1) is 34.8. The van der Waals surface area contributed by atoms with E-state index in [9.17, 15) is 0 Å². The van der Waals surface area contributed by atoms with Gasteiger partial charge in [-0.2, -0.15) is 0 Å². The summed E-state index contributed by atoms with van der Waals surface area (Å²) in [6.07, 6.45) is 0. The summed E-state index contributed by atoms with van der Waals surface area (Å²) in [5.74, 6) is 0. The predicted molar refractivity (Wildman–Crippen MR) is 335 cm³/mol. The summed E-state index contributed by atoms with van der Waals surface area (Å²) in [5.41, 5.74) is 10.5. The van der Waals surface area contributed by atoms with Gasteiger partial charge in [-0.05, 0) is 82.9 Å². The highest BCUT2D eigenvalue weighted by Crippen LogP contribution is 2.50. The molecule has 0 amide bonds. The maximum Gasteiger partial charge on any atom is 0.0775 e. The summed E-state index contributed by atoms with van der Waals surface area (Å²) >= 11 is 0. The van der Waals surface area contributed by atoms with E-state index in [1.54, 1.807) is 0 Å². The Kier molecular flexibility index (Phi) is 12.0. The third-order valence-electron chi connectivity index (χ3n) is 15.2. The number of hydrogen-bond donors (Lipinski definition) is 0. The molecule has 11 rings (SSSR count). The van der Waals surface area contributed by atoms with Crippen molar-refractivity contribution in [2.45, 2.75) is 78.6 Å². The van der Waals surface area contributed by atoms with E-state index in [0.29, 0.717) is 0 Å². The number of aromatic nitrogens is 1. The number of rotatable bonds is 11. The largest absolute Gasteiger partial charge is 0.310 e. The van der Waals surface area contributed by atoms with Gasteiger partial charge in [0.15, 0.2) is 0 Å². The van der Waals surface area contributed by atoms with Crippen molar-refractivity contribution in [2.24, 2.45) is 0 Å². The molecular weight excluding hydrogens is 947 g/mol. The second-order valence-electron chi connectivity index (χ2n) is 24.4. The Labute approximate surface area is 437 Å². The summed E-state index contributed by atoms with van der Waals surface area (Å²) in [7, 11) is -6.25. The first kappa shape index (κ1) is 48.5. The molecule has 0 N–H and O–H groups in total. The zero-order chi connectivity index (χ0) is 51.2. The van der Waals surface area contributed by atoms with E-state index >= 15 is 0 Å². The van der Waals surface area contributed by atoms with Crippen molar-refractivity contribution >= 4 is 141 Å². The normalized spacial score (nSPS) is 12.7. The number of hydrogen-bond acceptors (Lipinski definition) is 2. The van der Waals surface area contributed by atoms with Crippen LogP contribution in [0, 0.1) is 0 Å². The van der Waals surface area contributed by atoms with Crippen LogP contribution in [0.1, 0.15) is 0 Å². The number of anilines is 6. The summed E-state index contributed by atoms with van der Waals surface area (Å²) in [6.45, 7) is 29.2. The van der Waals surface area contributed by atoms with Gasteiger partial charge in [-0.25, -0.2) is 0 Å². The van der Waals surface area contributed by atoms with Crippen LogP contribution in [-0.4, -0.2) is 36.9 Å². The molecule has 0 unspecified atom stereocenters. The van der Waals surface area contributed by atoms with Crippen molar-refractivity contribution in [1.82, 2.24) is 4.57 Å². The van der Waals surface area contributed by atoms with Crippen LogP contribution in [-0.2, 0) is 0 Å². The van der Waals surface area contributed by atoms with E-state index in [1.165, 1.54) is 74.9 Å². The van der Waals surface area contributed by atoms with E-state index in [4.69, 9.17) is 0 Å². The molecule has 11 aromatic rings. The molecule has 0 aliphatic carbocycles. The van der Waals surface area contributed by atoms with Gasteiger partial charge in [-0.1, -0.05) is 233 Å². The lowest BCUT2D eigenvalue weighted by Gasteiger charge is -2.29. The summed E-state index contributed by atoms with van der Waals surface area (Å²) in [5, 5.41) is 15.7. The standard InChI is InChI=1S/C66H69N3Si4/c1-70(2,3)51-36-28-47(29-37-51)67(48-30-38-52(39-31-48)71(4,5)6)61-44-63-65(58-25-17-15-23-56(58)61)66-59-26-18-16-24-57(59)62(45-64(66)69(63)60-27-19-21-46-20-13-14-22-55(46)60)68(49-32-40-53(41-33-49)72(7,8)9)50-34-42-54(43-35-50)73(10,11)12/h13-45H,1-12H3. The Morgan fingerprint density at radius 3 is 0.904 bits per heavy atom. The molecule has 3 nitrogen and oxygen atoms in total. The van der Waals surface area contributed by atoms with Crippen LogP contribution in [0.5, 0.6) is 0 Å². The predicted octanol–water partition coefficient (Wildman–Crippen LogP) is 17.4. The highest BCUT2D eigenvalue weighted by molar-refractivity contribution is 6.90. The minimum Gasteiger partial charge on any atom is -0.310 e. The van der Waals surface area contributed by atoms with E-state index < -0.39 is 32.3 Å². The Bertz CT molecular complexity index is 3530. The minimum atomic E-state index is -1.56. The van der Waals surface area contributed by atoms with Crippen LogP contribution >= 0.6 is 0 Å². The molecule has 73 heavy (non-hydrogen) atoms. The monoisotopic (exact) mass is 1020 g/mol. The first-order valence-corrected chi connectivity index (χ1v) is 40.2. The molecule has 0 fully saturated rings. The van der Waals surface area contributed by atoms with Gasteiger partial charge in [0, 0.05) is 49.7 Å². The summed E-state index contributed by atoms with van der Waals surface area (Å²) < 4.78 is 2.60. The van der Waals surface area contributed by atoms with E-state index in [0.717, 1.165) is 39.8 Å². The average Bonchev–Trinajstić information content (AvgIpc) is 3.70. The molecule has 1 heterocycles. The fourth-order valence-electron chi connectivity index (χ4n) is 11.0. The molecule has 0 atom stereocenters. The molecular formula is C66H69N3Si4. The molecule has 0 aliphatic heterocycles. The average molecular weight is 1020 g/mol. The van der Waals surface area contributed by atoms with E-state index in [-0.39, 0.29) is 0 Å². The summed E-state index contributed by atoms with van der Waals surface area (Å²) in [6, 6.07) is 77.0. The Morgan fingerprint density at radius 2 is 0.575 bits per heavy atom. The molecule has 1 aromatic heterocycles. The van der Waals surface area contributed by atoms with Crippen molar-refractivity contribution in [3.8, 4) is 5.69 Å². The SMILES string of the molecule is C[Si](C)(C)c1ccc(N(c2ccc([Si](C)(C)C)cc2)c2cc3c(c4ccccc24)c2c4ccccc4c(N(c4ccc([Si](C)(C)C)cc4)c4ccc([Si](C)(C)C)cc4)cc2n3-c2cccc3ccccc23)cc1. The maximum atomic E-state index is 2.60. The van der Waals surface area contributed by atoms with Gasteiger partial charge in [0.05, 0.1) is 60.4 Å². The smallest absolute Gasteiger partial charge is 0.0775 e. The topological polar surface area (TPSA) is 11.4 Å². The fourth-order valence-corrected chi connectivity index (χ4v) is 15.7. The van der Waals surface area contributed by atoms with Crippen molar-refractivity contribution in [2.75, 3.05) is 9.80 Å². The highest BCUT2D eigenvalue weighted by atomic mass is 28.3. The summed E-state index contributed by atoms with van der Waals surface area (Å²) in [4.78, 5) is 5.04. The highest BCUT2D eigenvalue weighted by Gasteiger charge is 2.28. The van der Waals surface area contributed by atoms with Gasteiger partial charge in [0.1, 0.15) is 0 Å². The Morgan fingerprint density at radius 1 is 0.288 bits per heavy atom. The van der Waals surface area contributed by atoms with Gasteiger partial charge in [-0.15, -0.1) is 0 Å². The van der Waals surface area contributed by atoms with Crippen molar-refractivity contribution in [3.63, 3.8) is 0 Å². The second kappa shape index (κ2) is 18.0. The Hall–Kier alpha value is -6.75. The zero-order valence-electron chi connectivity index (χ0n) is 44.9. The fraction of sp³-hybridized carbons (Fsp3) is 0.182.